The minimum atomic E-state index is -0.518. The summed E-state index contributed by atoms with van der Waals surface area (Å²) in [6.07, 6.45) is 11.9. The maximum atomic E-state index is 12.7. The molecule has 1 saturated heterocycles. The van der Waals surface area contributed by atoms with Gasteiger partial charge in [-0.3, -0.25) is 9.48 Å². The van der Waals surface area contributed by atoms with Crippen molar-refractivity contribution in [2.75, 3.05) is 18.4 Å². The minimum absolute atomic E-state index is 0.198. The fourth-order valence-electron chi connectivity index (χ4n) is 4.78. The number of carbonyl (C=O) groups excluding carboxylic acids is 1. The highest BCUT2D eigenvalue weighted by Crippen LogP contribution is 2.35. The summed E-state index contributed by atoms with van der Waals surface area (Å²) in [5.41, 5.74) is 2.80. The van der Waals surface area contributed by atoms with E-state index in [9.17, 15) is 10.1 Å². The van der Waals surface area contributed by atoms with Gasteiger partial charge in [-0.25, -0.2) is 14.6 Å². The van der Waals surface area contributed by atoms with Crippen LogP contribution in [0.15, 0.2) is 84.2 Å². The zero-order valence-corrected chi connectivity index (χ0v) is 20.9. The number of piperidine rings is 1. The van der Waals surface area contributed by atoms with E-state index >= 15 is 0 Å². The van der Waals surface area contributed by atoms with Gasteiger partial charge in [-0.15, -0.1) is 0 Å². The number of nitrogens with one attached hydrogen (secondary N) is 1. The average molecular weight is 521 g/mol. The second-order valence-corrected chi connectivity index (χ2v) is 9.29. The smallest absolute Gasteiger partial charge is 0.292 e. The molecule has 1 N–H and O–H groups in total. The zero-order chi connectivity index (χ0) is 26.7. The van der Waals surface area contributed by atoms with Crippen LogP contribution in [0.2, 0.25) is 0 Å². The zero-order valence-electron chi connectivity index (χ0n) is 20.9. The van der Waals surface area contributed by atoms with E-state index in [1.165, 1.54) is 6.20 Å². The molecule has 0 atom stereocenters. The molecular weight excluding hydrogens is 496 g/mol. The number of hydrogen-bond donors (Lipinski definition) is 1. The Bertz CT molecular complexity index is 1590. The molecule has 1 aromatic carbocycles. The summed E-state index contributed by atoms with van der Waals surface area (Å²) in [6.45, 7) is 0.967. The molecule has 0 spiro atoms. The van der Waals surface area contributed by atoms with Crippen molar-refractivity contribution in [2.45, 2.75) is 24.8 Å². The number of carbonyl (C=O) groups is 1. The van der Waals surface area contributed by atoms with Crippen LogP contribution < -0.4 is 5.32 Å². The first-order valence-electron chi connectivity index (χ1n) is 12.5. The van der Waals surface area contributed by atoms with Crippen molar-refractivity contribution in [1.29, 1.82) is 5.26 Å². The Morgan fingerprint density at radius 1 is 1.08 bits per heavy atom. The van der Waals surface area contributed by atoms with Crippen LogP contribution >= 0.6 is 0 Å². The number of hydrogen-bond acceptors (Lipinski definition) is 9. The van der Waals surface area contributed by atoms with Crippen molar-refractivity contribution in [3.63, 3.8) is 0 Å². The van der Waals surface area contributed by atoms with E-state index in [0.29, 0.717) is 37.6 Å². The first-order valence-corrected chi connectivity index (χ1v) is 12.5. The van der Waals surface area contributed by atoms with E-state index in [1.807, 2.05) is 53.5 Å². The second kappa shape index (κ2) is 10.2. The Hall–Kier alpha value is -5.31. The van der Waals surface area contributed by atoms with Gasteiger partial charge >= 0.3 is 0 Å². The number of aromatic nitrogens is 7. The van der Waals surface area contributed by atoms with E-state index in [4.69, 9.17) is 4.52 Å². The Kier molecular flexibility index (Phi) is 6.30. The van der Waals surface area contributed by atoms with E-state index in [2.05, 4.69) is 36.7 Å². The van der Waals surface area contributed by atoms with Gasteiger partial charge in [0.05, 0.1) is 41.8 Å². The lowest BCUT2D eigenvalue weighted by molar-refractivity contribution is 0.0541. The van der Waals surface area contributed by atoms with Gasteiger partial charge in [-0.2, -0.15) is 15.5 Å². The van der Waals surface area contributed by atoms with Gasteiger partial charge in [0, 0.05) is 55.2 Å². The van der Waals surface area contributed by atoms with Gasteiger partial charge < -0.3 is 14.7 Å². The highest BCUT2D eigenvalue weighted by molar-refractivity contribution is 5.91. The van der Waals surface area contributed by atoms with Crippen LogP contribution in [-0.4, -0.2) is 58.6 Å². The molecule has 4 aromatic heterocycles. The highest BCUT2D eigenvalue weighted by atomic mass is 16.5. The monoisotopic (exact) mass is 520 g/mol. The van der Waals surface area contributed by atoms with Crippen molar-refractivity contribution < 1.29 is 9.32 Å². The van der Waals surface area contributed by atoms with E-state index < -0.39 is 5.54 Å². The molecular formula is C27H24N10O2. The predicted molar refractivity (Wildman–Crippen MR) is 140 cm³/mol. The van der Waals surface area contributed by atoms with Crippen molar-refractivity contribution in [3.05, 3.63) is 85.4 Å². The molecule has 6 rings (SSSR count). The maximum absolute atomic E-state index is 12.7. The summed E-state index contributed by atoms with van der Waals surface area (Å²) in [6, 6.07) is 15.4. The molecule has 1 aliphatic heterocycles. The van der Waals surface area contributed by atoms with E-state index in [1.54, 1.807) is 34.2 Å². The van der Waals surface area contributed by atoms with Gasteiger partial charge in [0.25, 0.3) is 5.91 Å². The summed E-state index contributed by atoms with van der Waals surface area (Å²) in [4.78, 5) is 23.4. The Labute approximate surface area is 223 Å². The summed E-state index contributed by atoms with van der Waals surface area (Å²) in [5.74, 6) is 0.473. The number of anilines is 2. The lowest BCUT2D eigenvalue weighted by Crippen LogP contribution is -2.48. The first kappa shape index (κ1) is 24.1. The molecule has 194 valence electrons. The molecule has 0 radical (unpaired) electrons. The number of rotatable bonds is 7. The molecule has 5 aromatic rings. The van der Waals surface area contributed by atoms with Gasteiger partial charge in [0.2, 0.25) is 11.7 Å². The minimum Gasteiger partial charge on any atom is -0.351 e. The second-order valence-electron chi connectivity index (χ2n) is 9.29. The van der Waals surface area contributed by atoms with Crippen LogP contribution in [0.4, 0.5) is 11.6 Å². The number of nitrogens with zero attached hydrogens (tertiary/aromatic N) is 9. The highest BCUT2D eigenvalue weighted by Gasteiger charge is 2.39. The third-order valence-corrected chi connectivity index (χ3v) is 6.95. The lowest BCUT2D eigenvalue weighted by atomic mass is 9.85. The Morgan fingerprint density at radius 3 is 2.64 bits per heavy atom. The fraction of sp³-hybridized carbons (Fsp3) is 0.222. The average Bonchev–Trinajstić information content (AvgIpc) is 3.77. The first-order chi connectivity index (χ1) is 19.1. The standard InChI is InChI=1S/C27H24N10O2/c28-11-8-27(9-16-35(17-10-27)25(38)24-7-14-32-39-24)37-19-20(18-31-37)23-6-13-29-26(34-23)33-21-2-4-22(5-3-21)36-15-1-12-30-36/h1-7,12-15,18-19H,8-10,16-17H2,(H,29,33,34). The largest absolute Gasteiger partial charge is 0.351 e. The van der Waals surface area contributed by atoms with Crippen LogP contribution in [0.5, 0.6) is 0 Å². The van der Waals surface area contributed by atoms with E-state index in [-0.39, 0.29) is 18.1 Å². The van der Waals surface area contributed by atoms with Crippen LogP contribution in [0.25, 0.3) is 16.9 Å². The molecule has 12 nitrogen and oxygen atoms in total. The van der Waals surface area contributed by atoms with Crippen LogP contribution in [-0.2, 0) is 5.54 Å². The van der Waals surface area contributed by atoms with Crippen molar-refractivity contribution in [1.82, 2.24) is 39.6 Å². The van der Waals surface area contributed by atoms with Gasteiger partial charge in [0.1, 0.15) is 0 Å². The molecule has 39 heavy (non-hydrogen) atoms. The fourth-order valence-corrected chi connectivity index (χ4v) is 4.78. The number of amides is 1. The Balaban J connectivity index is 1.17. The summed E-state index contributed by atoms with van der Waals surface area (Å²) in [5, 5.41) is 25.3. The lowest BCUT2D eigenvalue weighted by Gasteiger charge is -2.40. The molecule has 1 amide bonds. The predicted octanol–water partition coefficient (Wildman–Crippen LogP) is 3.80. The van der Waals surface area contributed by atoms with Gasteiger partial charge in [0.15, 0.2) is 0 Å². The SMILES string of the molecule is N#CCC1(n2cc(-c3ccnc(Nc4ccc(-n5cccn5)cc4)n3)cn2)CCN(C(=O)c2ccno2)CC1. The van der Waals surface area contributed by atoms with Crippen LogP contribution in [0.3, 0.4) is 0 Å². The molecule has 5 heterocycles. The molecule has 0 saturated carbocycles. The van der Waals surface area contributed by atoms with Gasteiger partial charge in [-0.1, -0.05) is 5.16 Å². The third kappa shape index (κ3) is 4.85. The quantitative estimate of drug-likeness (QED) is 0.339. The number of nitriles is 1. The maximum Gasteiger partial charge on any atom is 0.292 e. The Morgan fingerprint density at radius 2 is 1.92 bits per heavy atom. The van der Waals surface area contributed by atoms with Crippen molar-refractivity contribution in [3.8, 4) is 23.0 Å². The van der Waals surface area contributed by atoms with Crippen LogP contribution in [0.1, 0.15) is 29.8 Å². The molecule has 1 aliphatic rings. The molecule has 1 fully saturated rings. The molecule has 0 unspecified atom stereocenters. The van der Waals surface area contributed by atoms with E-state index in [0.717, 1.165) is 16.9 Å². The molecule has 0 aliphatic carbocycles. The van der Waals surface area contributed by atoms with Gasteiger partial charge in [-0.05, 0) is 49.2 Å². The van der Waals surface area contributed by atoms with Crippen molar-refractivity contribution >= 4 is 17.5 Å². The number of benzene rings is 1. The topological polar surface area (TPSA) is 144 Å². The molecule has 0 bridgehead atoms. The summed E-state index contributed by atoms with van der Waals surface area (Å²) in [7, 11) is 0. The number of likely N-dealkylation sites (tertiary alicyclic amines) is 1. The van der Waals surface area contributed by atoms with Crippen LogP contribution in [0, 0.1) is 11.3 Å². The molecule has 12 heteroatoms. The van der Waals surface area contributed by atoms with Crippen molar-refractivity contribution in [2.24, 2.45) is 0 Å². The summed E-state index contributed by atoms with van der Waals surface area (Å²) >= 11 is 0. The summed E-state index contributed by atoms with van der Waals surface area (Å²) < 4.78 is 8.66. The third-order valence-electron chi connectivity index (χ3n) is 6.95. The normalized spacial score (nSPS) is 14.6.